The molecule has 1 aliphatic rings. The monoisotopic (exact) mass is 547 g/mol. The number of aryl methyl sites for hydroxylation is 2. The highest BCUT2D eigenvalue weighted by atomic mass is 32.2. The molecular weight excluding hydrogens is 510 g/mol. The number of hydrogen-bond acceptors (Lipinski definition) is 8. The minimum atomic E-state index is -4.10. The van der Waals surface area contributed by atoms with Gasteiger partial charge >= 0.3 is 0 Å². The molecule has 2 aromatic heterocycles. The van der Waals surface area contributed by atoms with E-state index in [1.165, 1.54) is 6.20 Å². The molecule has 1 fully saturated rings. The van der Waals surface area contributed by atoms with Crippen LogP contribution in [0.5, 0.6) is 0 Å². The Kier molecular flexibility index (Phi) is 10.1. The number of sulfonamides is 1. The molecule has 3 N–H and O–H groups in total. The van der Waals surface area contributed by atoms with E-state index in [1.54, 1.807) is 52.7 Å². The number of nitrogens with one attached hydrogen (secondary N) is 3. The summed E-state index contributed by atoms with van der Waals surface area (Å²) >= 11 is 0. The number of carbonyl (C=O) groups excluding carboxylic acids is 1. The Labute approximate surface area is 224 Å². The van der Waals surface area contributed by atoms with Gasteiger partial charge in [-0.05, 0) is 57.2 Å². The first-order valence-corrected chi connectivity index (χ1v) is 14.0. The molecule has 12 nitrogen and oxygen atoms in total. The van der Waals surface area contributed by atoms with Crippen LogP contribution >= 0.6 is 0 Å². The maximum Gasteiger partial charge on any atom is 0.271 e. The van der Waals surface area contributed by atoms with Crippen molar-refractivity contribution < 1.29 is 22.7 Å². The lowest BCUT2D eigenvalue weighted by Crippen LogP contribution is -2.59. The van der Waals surface area contributed by atoms with E-state index in [9.17, 15) is 13.2 Å². The Morgan fingerprint density at radius 1 is 1.00 bits per heavy atom. The number of carbonyl (C=O) groups is 1. The average Bonchev–Trinajstić information content (AvgIpc) is 2.91. The van der Waals surface area contributed by atoms with Crippen LogP contribution in [-0.4, -0.2) is 73.0 Å². The lowest BCUT2D eigenvalue weighted by Gasteiger charge is -2.37. The molecule has 1 amide bonds. The summed E-state index contributed by atoms with van der Waals surface area (Å²) in [5.41, 5.74) is 7.16. The summed E-state index contributed by atoms with van der Waals surface area (Å²) in [5.74, 6) is -0.793. The van der Waals surface area contributed by atoms with E-state index < -0.39 is 33.1 Å². The first-order chi connectivity index (χ1) is 18.1. The molecular formula is C25H37N7O5S. The van der Waals surface area contributed by atoms with E-state index in [0.717, 1.165) is 30.4 Å². The van der Waals surface area contributed by atoms with Crippen molar-refractivity contribution >= 4 is 21.9 Å². The van der Waals surface area contributed by atoms with Crippen LogP contribution in [-0.2, 0) is 19.5 Å². The van der Waals surface area contributed by atoms with Gasteiger partial charge in [0, 0.05) is 44.9 Å². The summed E-state index contributed by atoms with van der Waals surface area (Å²) in [4.78, 5) is 25.3. The normalized spacial score (nSPS) is 21.8. The predicted octanol–water partition coefficient (Wildman–Crippen LogP) is 1.77. The second-order valence-corrected chi connectivity index (χ2v) is 11.5. The predicted molar refractivity (Wildman–Crippen MR) is 143 cm³/mol. The van der Waals surface area contributed by atoms with Gasteiger partial charge in [0.15, 0.2) is 0 Å². The largest absolute Gasteiger partial charge is 0.379 e. The maximum absolute atomic E-state index is 13.4. The number of hydrogen-bond donors (Lipinski definition) is 3. The van der Waals surface area contributed by atoms with Crippen LogP contribution in [0.1, 0.15) is 66.3 Å². The molecule has 1 saturated carbocycles. The zero-order valence-corrected chi connectivity index (χ0v) is 23.4. The van der Waals surface area contributed by atoms with Crippen LogP contribution < -0.4 is 16.2 Å². The Bertz CT molecular complexity index is 1210. The molecule has 2 aromatic rings. The van der Waals surface area contributed by atoms with E-state index >= 15 is 0 Å². The number of hydrazine groups is 1. The zero-order chi connectivity index (χ0) is 27.9. The number of methoxy groups -OCH3 is 2. The minimum absolute atomic E-state index is 0.154. The quantitative estimate of drug-likeness (QED) is 0.253. The molecule has 1 aliphatic carbocycles. The number of guanidine groups is 1. The summed E-state index contributed by atoms with van der Waals surface area (Å²) in [6.07, 6.45) is 8.24. The summed E-state index contributed by atoms with van der Waals surface area (Å²) < 4.78 is 42.2. The molecule has 0 aromatic carbocycles. The van der Waals surface area contributed by atoms with Crippen LogP contribution in [0.25, 0.3) is 0 Å². The molecule has 13 heteroatoms. The Balaban J connectivity index is 1.89. The lowest BCUT2D eigenvalue weighted by molar-refractivity contribution is -0.0350. The smallest absolute Gasteiger partial charge is 0.271 e. The second-order valence-electron chi connectivity index (χ2n) is 9.55. The van der Waals surface area contributed by atoms with E-state index in [0.29, 0.717) is 11.4 Å². The van der Waals surface area contributed by atoms with Gasteiger partial charge in [0.2, 0.25) is 5.96 Å². The number of ether oxygens (including phenoxy) is 2. The van der Waals surface area contributed by atoms with Crippen molar-refractivity contribution in [2.75, 3.05) is 14.2 Å². The highest BCUT2D eigenvalue weighted by Gasteiger charge is 2.36. The highest BCUT2D eigenvalue weighted by Crippen LogP contribution is 2.25. The third kappa shape index (κ3) is 7.45. The van der Waals surface area contributed by atoms with Crippen LogP contribution in [0, 0.1) is 13.8 Å². The van der Waals surface area contributed by atoms with Crippen molar-refractivity contribution in [2.45, 2.75) is 76.4 Å². The SMILES string of the molecule is CO[C@H]1CCC[C@@H](OC)[C@@H]1N/C(=N/S(=O)(=O)[C@@H](C)[C@H](C)c1ncc(C)cn1)NNC(=O)c1cncc(C)c1. The molecule has 0 spiro atoms. The third-order valence-corrected chi connectivity index (χ3v) is 8.50. The Hall–Kier alpha value is -3.16. The van der Waals surface area contributed by atoms with Crippen molar-refractivity contribution in [3.8, 4) is 0 Å². The topological polar surface area (TPSA) is 157 Å². The molecule has 3 rings (SSSR count). The van der Waals surface area contributed by atoms with Gasteiger partial charge in [-0.2, -0.15) is 0 Å². The summed E-state index contributed by atoms with van der Waals surface area (Å²) in [5, 5.41) is 2.17. The van der Waals surface area contributed by atoms with Gasteiger partial charge in [0.05, 0.1) is 29.1 Å². The summed E-state index contributed by atoms with van der Waals surface area (Å²) in [6, 6.07) is 1.25. The van der Waals surface area contributed by atoms with Crippen molar-refractivity contribution in [2.24, 2.45) is 4.40 Å². The number of amides is 1. The van der Waals surface area contributed by atoms with Gasteiger partial charge in [0.25, 0.3) is 15.9 Å². The number of nitrogens with zero attached hydrogens (tertiary/aromatic N) is 4. The van der Waals surface area contributed by atoms with Crippen molar-refractivity contribution in [1.29, 1.82) is 0 Å². The first kappa shape index (κ1) is 29.4. The number of rotatable bonds is 8. The fourth-order valence-corrected chi connectivity index (χ4v) is 5.42. The maximum atomic E-state index is 13.4. The lowest BCUT2D eigenvalue weighted by atomic mass is 9.89. The summed E-state index contributed by atoms with van der Waals surface area (Å²) in [6.45, 7) is 6.96. The Morgan fingerprint density at radius 3 is 2.21 bits per heavy atom. The highest BCUT2D eigenvalue weighted by molar-refractivity contribution is 7.90. The van der Waals surface area contributed by atoms with Gasteiger partial charge in [-0.15, -0.1) is 4.40 Å². The van der Waals surface area contributed by atoms with Gasteiger partial charge in [-0.25, -0.2) is 18.4 Å². The molecule has 5 atom stereocenters. The molecule has 0 bridgehead atoms. The minimum Gasteiger partial charge on any atom is -0.379 e. The number of aromatic nitrogens is 3. The second kappa shape index (κ2) is 13.1. The van der Waals surface area contributed by atoms with Gasteiger partial charge in [-0.1, -0.05) is 6.92 Å². The molecule has 2 heterocycles. The van der Waals surface area contributed by atoms with E-state index in [1.807, 2.05) is 13.8 Å². The fourth-order valence-electron chi connectivity index (χ4n) is 4.26. The fraction of sp³-hybridized carbons (Fsp3) is 0.560. The summed E-state index contributed by atoms with van der Waals surface area (Å²) in [7, 11) is -0.911. The average molecular weight is 548 g/mol. The van der Waals surface area contributed by atoms with E-state index in [4.69, 9.17) is 9.47 Å². The van der Waals surface area contributed by atoms with Crippen LogP contribution in [0.2, 0.25) is 0 Å². The zero-order valence-electron chi connectivity index (χ0n) is 22.6. The molecule has 0 aliphatic heterocycles. The van der Waals surface area contributed by atoms with Gasteiger partial charge in [-0.3, -0.25) is 20.6 Å². The van der Waals surface area contributed by atoms with Crippen molar-refractivity contribution in [1.82, 2.24) is 31.1 Å². The molecule has 0 unspecified atom stereocenters. The molecule has 38 heavy (non-hydrogen) atoms. The molecule has 208 valence electrons. The standard InChI is InChI=1S/C25H37N7O5S/c1-15-10-19(14-26-11-15)24(33)30-31-25(29-22-20(36-5)8-7-9-21(22)37-6)32-38(34,35)18(4)17(3)23-27-12-16(2)13-28-23/h10-14,17-18,20-22H,7-9H2,1-6H3,(H,30,33)(H2,29,31,32)/t17-,18-,20-,21+,22+/m0/s1. The number of pyridine rings is 1. The van der Waals surface area contributed by atoms with E-state index in [-0.39, 0.29) is 18.2 Å². The molecule has 0 radical (unpaired) electrons. The van der Waals surface area contributed by atoms with E-state index in [2.05, 4.69) is 35.5 Å². The molecule has 0 saturated heterocycles. The van der Waals surface area contributed by atoms with Crippen molar-refractivity contribution in [3.05, 3.63) is 53.4 Å². The van der Waals surface area contributed by atoms with Gasteiger partial charge < -0.3 is 14.8 Å². The van der Waals surface area contributed by atoms with Gasteiger partial charge in [0.1, 0.15) is 5.82 Å². The third-order valence-electron chi connectivity index (χ3n) is 6.72. The van der Waals surface area contributed by atoms with Crippen LogP contribution in [0.15, 0.2) is 35.3 Å². The van der Waals surface area contributed by atoms with Crippen molar-refractivity contribution in [3.63, 3.8) is 0 Å². The van der Waals surface area contributed by atoms with Crippen LogP contribution in [0.3, 0.4) is 0 Å². The first-order valence-electron chi connectivity index (χ1n) is 12.5. The van der Waals surface area contributed by atoms with Crippen LogP contribution in [0.4, 0.5) is 0 Å². The Morgan fingerprint density at radius 2 is 1.63 bits per heavy atom.